The summed E-state index contributed by atoms with van der Waals surface area (Å²) in [5.41, 5.74) is 1.43. The largest absolute Gasteiger partial charge is 0.350 e. The highest BCUT2D eigenvalue weighted by atomic mass is 16.5. The van der Waals surface area contributed by atoms with Crippen LogP contribution in [0.2, 0.25) is 0 Å². The Balaban J connectivity index is 1.40. The number of likely N-dealkylation sites (N-methyl/N-ethyl adjacent to an activating group) is 1. The van der Waals surface area contributed by atoms with E-state index in [1.54, 1.807) is 0 Å². The molecule has 25 heavy (non-hydrogen) atoms. The Morgan fingerprint density at radius 3 is 2.88 bits per heavy atom. The van der Waals surface area contributed by atoms with E-state index >= 15 is 0 Å². The molecule has 2 fully saturated rings. The van der Waals surface area contributed by atoms with Crippen LogP contribution in [0, 0.1) is 0 Å². The standard InChI is InChI=1S/C19H24N4O2/c1-12(23(2)16-8-9-16)11-20-18(24)15-5-3-4-14(10-15)17-21-19(25-22-17)13-6-7-13/h3-5,10,12-13,16H,6-9,11H2,1-2H3,(H,20,24)/t12-/m0/s1. The monoisotopic (exact) mass is 340 g/mol. The van der Waals surface area contributed by atoms with Crippen molar-refractivity contribution >= 4 is 5.91 Å². The maximum Gasteiger partial charge on any atom is 0.251 e. The first-order valence-electron chi connectivity index (χ1n) is 9.06. The Hall–Kier alpha value is -2.21. The van der Waals surface area contributed by atoms with Gasteiger partial charge in [-0.25, -0.2) is 0 Å². The number of carbonyl (C=O) groups is 1. The van der Waals surface area contributed by atoms with Gasteiger partial charge in [-0.2, -0.15) is 4.98 Å². The molecule has 6 heteroatoms. The van der Waals surface area contributed by atoms with Gasteiger partial charge in [0.15, 0.2) is 0 Å². The lowest BCUT2D eigenvalue weighted by Gasteiger charge is -2.24. The number of amides is 1. The van der Waals surface area contributed by atoms with Crippen molar-refractivity contribution < 1.29 is 9.32 Å². The highest BCUT2D eigenvalue weighted by molar-refractivity contribution is 5.95. The van der Waals surface area contributed by atoms with E-state index in [4.69, 9.17) is 4.52 Å². The molecule has 1 heterocycles. The molecule has 2 aliphatic rings. The SMILES string of the molecule is C[C@@H](CNC(=O)c1cccc(-c2noc(C3CC3)n2)c1)N(C)C1CC1. The maximum atomic E-state index is 12.5. The summed E-state index contributed by atoms with van der Waals surface area (Å²) in [6.45, 7) is 2.79. The Morgan fingerprint density at radius 1 is 1.36 bits per heavy atom. The van der Waals surface area contributed by atoms with Crippen molar-refractivity contribution in [3.63, 3.8) is 0 Å². The molecule has 1 amide bonds. The van der Waals surface area contributed by atoms with Crippen LogP contribution < -0.4 is 5.32 Å². The summed E-state index contributed by atoms with van der Waals surface area (Å²) in [7, 11) is 2.13. The van der Waals surface area contributed by atoms with Gasteiger partial charge in [0, 0.05) is 35.7 Å². The molecule has 1 atom stereocenters. The molecular formula is C19H24N4O2. The number of nitrogens with one attached hydrogen (secondary N) is 1. The lowest BCUT2D eigenvalue weighted by molar-refractivity contribution is 0.0939. The zero-order chi connectivity index (χ0) is 17.4. The fourth-order valence-electron chi connectivity index (χ4n) is 2.98. The Bertz CT molecular complexity index is 764. The Morgan fingerprint density at radius 2 is 2.16 bits per heavy atom. The summed E-state index contributed by atoms with van der Waals surface area (Å²) in [5.74, 6) is 1.63. The van der Waals surface area contributed by atoms with Gasteiger partial charge < -0.3 is 9.84 Å². The predicted octanol–water partition coefficient (Wildman–Crippen LogP) is 2.83. The molecule has 0 unspecified atom stereocenters. The number of aromatic nitrogens is 2. The van der Waals surface area contributed by atoms with Gasteiger partial charge in [0.2, 0.25) is 11.7 Å². The van der Waals surface area contributed by atoms with Crippen molar-refractivity contribution in [2.75, 3.05) is 13.6 Å². The molecule has 1 N–H and O–H groups in total. The highest BCUT2D eigenvalue weighted by Crippen LogP contribution is 2.39. The molecule has 4 rings (SSSR count). The van der Waals surface area contributed by atoms with Crippen LogP contribution in [-0.4, -0.2) is 46.6 Å². The third-order valence-corrected chi connectivity index (χ3v) is 5.13. The summed E-state index contributed by atoms with van der Waals surface area (Å²) >= 11 is 0. The average molecular weight is 340 g/mol. The van der Waals surface area contributed by atoms with Crippen molar-refractivity contribution in [3.05, 3.63) is 35.7 Å². The van der Waals surface area contributed by atoms with Crippen LogP contribution in [0.1, 0.15) is 54.8 Å². The van der Waals surface area contributed by atoms with Crippen molar-refractivity contribution in [3.8, 4) is 11.4 Å². The van der Waals surface area contributed by atoms with E-state index in [2.05, 4.69) is 34.3 Å². The minimum atomic E-state index is -0.0659. The molecule has 2 saturated carbocycles. The molecule has 0 spiro atoms. The maximum absolute atomic E-state index is 12.5. The molecule has 1 aromatic carbocycles. The van der Waals surface area contributed by atoms with Crippen molar-refractivity contribution in [1.29, 1.82) is 0 Å². The molecule has 1 aromatic heterocycles. The summed E-state index contributed by atoms with van der Waals surface area (Å²) in [6.07, 6.45) is 4.78. The van der Waals surface area contributed by atoms with E-state index in [1.807, 2.05) is 24.3 Å². The van der Waals surface area contributed by atoms with E-state index in [0.717, 1.165) is 18.4 Å². The second-order valence-electron chi connectivity index (χ2n) is 7.27. The first kappa shape index (κ1) is 16.3. The van der Waals surface area contributed by atoms with Crippen LogP contribution in [0.25, 0.3) is 11.4 Å². The van der Waals surface area contributed by atoms with Gasteiger partial charge in [-0.15, -0.1) is 0 Å². The van der Waals surface area contributed by atoms with Gasteiger partial charge in [0.1, 0.15) is 0 Å². The van der Waals surface area contributed by atoms with Crippen LogP contribution in [0.4, 0.5) is 0 Å². The zero-order valence-electron chi connectivity index (χ0n) is 14.7. The lowest BCUT2D eigenvalue weighted by atomic mass is 10.1. The number of hydrogen-bond acceptors (Lipinski definition) is 5. The predicted molar refractivity (Wildman–Crippen MR) is 94.3 cm³/mol. The van der Waals surface area contributed by atoms with Gasteiger partial charge in [-0.1, -0.05) is 17.3 Å². The molecule has 0 aliphatic heterocycles. The average Bonchev–Trinajstić information content (AvgIpc) is 3.57. The number of nitrogens with zero attached hydrogens (tertiary/aromatic N) is 3. The first-order valence-corrected chi connectivity index (χ1v) is 9.06. The topological polar surface area (TPSA) is 71.3 Å². The summed E-state index contributed by atoms with van der Waals surface area (Å²) in [6, 6.07) is 8.42. The molecule has 0 bridgehead atoms. The lowest BCUT2D eigenvalue weighted by Crippen LogP contribution is -2.41. The van der Waals surface area contributed by atoms with Crippen molar-refractivity contribution in [2.24, 2.45) is 0 Å². The number of hydrogen-bond donors (Lipinski definition) is 1. The van der Waals surface area contributed by atoms with Crippen LogP contribution in [0.15, 0.2) is 28.8 Å². The quantitative estimate of drug-likeness (QED) is 0.839. The van der Waals surface area contributed by atoms with Crippen LogP contribution in [-0.2, 0) is 0 Å². The number of benzene rings is 1. The van der Waals surface area contributed by atoms with Crippen molar-refractivity contribution in [2.45, 2.75) is 50.6 Å². The number of carbonyl (C=O) groups excluding carboxylic acids is 1. The molecular weight excluding hydrogens is 316 g/mol. The second kappa shape index (κ2) is 6.59. The smallest absolute Gasteiger partial charge is 0.251 e. The van der Waals surface area contributed by atoms with E-state index in [-0.39, 0.29) is 5.91 Å². The third kappa shape index (κ3) is 3.74. The third-order valence-electron chi connectivity index (χ3n) is 5.13. The molecule has 6 nitrogen and oxygen atoms in total. The molecule has 132 valence electrons. The Kier molecular flexibility index (Phi) is 4.29. The van der Waals surface area contributed by atoms with Crippen LogP contribution in [0.3, 0.4) is 0 Å². The second-order valence-corrected chi connectivity index (χ2v) is 7.27. The van der Waals surface area contributed by atoms with Crippen LogP contribution in [0.5, 0.6) is 0 Å². The molecule has 2 aliphatic carbocycles. The fourth-order valence-corrected chi connectivity index (χ4v) is 2.98. The highest BCUT2D eigenvalue weighted by Gasteiger charge is 2.30. The molecule has 2 aromatic rings. The number of rotatable bonds is 7. The zero-order valence-corrected chi connectivity index (χ0v) is 14.7. The summed E-state index contributed by atoms with van der Waals surface area (Å²) < 4.78 is 5.31. The van der Waals surface area contributed by atoms with E-state index in [9.17, 15) is 4.79 Å². The van der Waals surface area contributed by atoms with Gasteiger partial charge in [0.25, 0.3) is 5.91 Å². The minimum absolute atomic E-state index is 0.0659. The molecule has 0 saturated heterocycles. The van der Waals surface area contributed by atoms with E-state index < -0.39 is 0 Å². The van der Waals surface area contributed by atoms with Gasteiger partial charge >= 0.3 is 0 Å². The first-order chi connectivity index (χ1) is 12.1. The van der Waals surface area contributed by atoms with Crippen LogP contribution >= 0.6 is 0 Å². The van der Waals surface area contributed by atoms with Gasteiger partial charge in [-0.05, 0) is 51.8 Å². The minimum Gasteiger partial charge on any atom is -0.350 e. The Labute approximate surface area is 147 Å². The van der Waals surface area contributed by atoms with E-state index in [0.29, 0.717) is 41.8 Å². The van der Waals surface area contributed by atoms with Crippen molar-refractivity contribution in [1.82, 2.24) is 20.4 Å². The summed E-state index contributed by atoms with van der Waals surface area (Å²) in [5, 5.41) is 7.08. The normalized spacial score (nSPS) is 18.4. The fraction of sp³-hybridized carbons (Fsp3) is 0.526. The van der Waals surface area contributed by atoms with Gasteiger partial charge in [-0.3, -0.25) is 9.69 Å². The van der Waals surface area contributed by atoms with E-state index in [1.165, 1.54) is 12.8 Å². The molecule has 0 radical (unpaired) electrons. The van der Waals surface area contributed by atoms with Gasteiger partial charge in [0.05, 0.1) is 0 Å². The summed E-state index contributed by atoms with van der Waals surface area (Å²) in [4.78, 5) is 19.3.